The molecular weight excluding hydrogens is 995 g/mol. The molecule has 0 spiro atoms. The second-order valence-corrected chi connectivity index (χ2v) is 18.6. The van der Waals surface area contributed by atoms with Crippen LogP contribution in [0, 0.1) is 0 Å². The highest BCUT2D eigenvalue weighted by Crippen LogP contribution is 2.22. The van der Waals surface area contributed by atoms with Gasteiger partial charge in [-0.25, -0.2) is 14.6 Å². The molecule has 0 radical (unpaired) electrons. The third-order valence-electron chi connectivity index (χ3n) is 12.3. The number of unbranched alkanes of at least 4 members (excludes halogenated alkanes) is 1. The van der Waals surface area contributed by atoms with Gasteiger partial charge in [0.2, 0.25) is 35.4 Å². The van der Waals surface area contributed by atoms with Crippen LogP contribution in [-0.4, -0.2) is 151 Å². The van der Waals surface area contributed by atoms with Crippen molar-refractivity contribution >= 4 is 89.5 Å². The predicted molar refractivity (Wildman–Crippen MR) is 281 cm³/mol. The van der Waals surface area contributed by atoms with Crippen molar-refractivity contribution in [1.82, 2.24) is 57.1 Å². The number of quaternary nitrogens is 1. The van der Waals surface area contributed by atoms with E-state index in [4.69, 9.17) is 11.5 Å². The summed E-state index contributed by atoms with van der Waals surface area (Å²) >= 11 is 8.46. The number of para-hydroxylation sites is 1. The number of H-pyrrole nitrogens is 2. The van der Waals surface area contributed by atoms with Gasteiger partial charge in [0.15, 0.2) is 18.2 Å². The minimum Gasteiger partial charge on any atom is -0.371 e. The van der Waals surface area contributed by atoms with Crippen molar-refractivity contribution in [2.24, 2.45) is 16.5 Å². The summed E-state index contributed by atoms with van der Waals surface area (Å²) < 4.78 is 0. The molecule has 0 bridgehead atoms. The van der Waals surface area contributed by atoms with Crippen molar-refractivity contribution in [1.29, 1.82) is 0 Å². The number of aliphatic imine (C=N–C) groups is 1. The van der Waals surface area contributed by atoms with Gasteiger partial charge in [-0.3, -0.25) is 44.4 Å². The maximum atomic E-state index is 14.6. The zero-order valence-electron chi connectivity index (χ0n) is 41.2. The summed E-state index contributed by atoms with van der Waals surface area (Å²) in [6, 6.07) is 5.80. The molecule has 0 saturated carbocycles. The summed E-state index contributed by atoms with van der Waals surface area (Å²) in [5.41, 5.74) is 17.0. The zero-order valence-corrected chi connectivity index (χ0v) is 43.0. The highest BCUT2D eigenvalue weighted by atomic mass is 32.1. The van der Waals surface area contributed by atoms with Crippen LogP contribution >= 0.6 is 25.3 Å². The van der Waals surface area contributed by atoms with Crippen LogP contribution in [0.2, 0.25) is 0 Å². The molecule has 2 aromatic heterocycles. The van der Waals surface area contributed by atoms with Gasteiger partial charge in [0.05, 0.1) is 12.4 Å². The second kappa shape index (κ2) is 28.3. The Morgan fingerprint density at radius 2 is 1.38 bits per heavy atom. The third-order valence-corrected chi connectivity index (χ3v) is 13.1. The molecule has 400 valence electrons. The Balaban J connectivity index is 1.38. The standard InChI is InChI=1S/C48H67N15O9S2/c1-3-4-14-33-46(71)63(48(72)62-33)38(24-74)45(70)56-26(2)40(65)58-36(20-29-22-52-25-55-29)44(69)59-34(18-27-11-6-5-7-12-27)42(67)57-32(16-10-17-53-47(50)51)41(66)60-35(43(68)61-37(23-73)39(49)64)19-28-21-54-31-15-9-8-13-30(28)31/h5-9,11-13,15,21-22,25-26,32-38,46,54,71,73-74H,3-4,10,14,16-20,23-24H2,1-2H3,(H2,49,64)(H,52,55)(H,56,70)(H,57,67)(H,58,65)(H,59,69)(H,60,66)(H,61,68)(H,62,72)(H4,50,51,53)/p+1. The van der Waals surface area contributed by atoms with E-state index in [1.165, 1.54) is 19.4 Å². The van der Waals surface area contributed by atoms with Crippen LogP contribution in [-0.2, 0) is 52.8 Å². The highest BCUT2D eigenvalue weighted by molar-refractivity contribution is 7.80. The minimum atomic E-state index is -1.38. The van der Waals surface area contributed by atoms with Gasteiger partial charge < -0.3 is 63.8 Å². The lowest BCUT2D eigenvalue weighted by Gasteiger charge is -2.30. The fourth-order valence-corrected chi connectivity index (χ4v) is 8.90. The van der Waals surface area contributed by atoms with Crippen LogP contribution < -0.4 is 54.4 Å². The Bertz CT molecular complexity index is 2580. The number of urea groups is 1. The molecule has 9 unspecified atom stereocenters. The topological polar surface area (TPSA) is 381 Å². The van der Waals surface area contributed by atoms with Crippen LogP contribution in [0.15, 0.2) is 78.3 Å². The Morgan fingerprint density at radius 3 is 2.00 bits per heavy atom. The van der Waals surface area contributed by atoms with E-state index in [1.54, 1.807) is 36.5 Å². The number of amides is 9. The number of rotatable bonds is 29. The number of hydrogen-bond donors (Lipinski definition) is 15. The normalized spacial score (nSPS) is 17.1. The Kier molecular flexibility index (Phi) is 22.1. The number of nitrogens with one attached hydrogen (secondary N) is 9. The van der Waals surface area contributed by atoms with Gasteiger partial charge in [0.1, 0.15) is 36.3 Å². The number of imidazole rings is 1. The van der Waals surface area contributed by atoms with Gasteiger partial charge in [-0.15, -0.1) is 0 Å². The van der Waals surface area contributed by atoms with Gasteiger partial charge in [-0.1, -0.05) is 68.3 Å². The fraction of sp³-hybridized carbons (Fsp3) is 0.458. The molecule has 4 aromatic rings. The number of carbonyl (C=O) groups excluding carboxylic acids is 8. The summed E-state index contributed by atoms with van der Waals surface area (Å²) in [7, 11) is 0. The summed E-state index contributed by atoms with van der Waals surface area (Å²) in [4.78, 5) is 125. The maximum absolute atomic E-state index is 14.6. The average Bonchev–Trinajstić information content (AvgIpc) is 4.12. The highest BCUT2D eigenvalue weighted by Gasteiger charge is 2.44. The van der Waals surface area contributed by atoms with Gasteiger partial charge in [0.25, 0.3) is 0 Å². The van der Waals surface area contributed by atoms with Crippen molar-refractivity contribution in [3.8, 4) is 0 Å². The summed E-state index contributed by atoms with van der Waals surface area (Å²) in [5, 5.41) is 30.6. The van der Waals surface area contributed by atoms with Crippen molar-refractivity contribution < 1.29 is 49.2 Å². The van der Waals surface area contributed by atoms with Crippen LogP contribution in [0.5, 0.6) is 0 Å². The first-order valence-electron chi connectivity index (χ1n) is 24.2. The number of nitrogens with two attached hydrogens (primary N) is 2. The van der Waals surface area contributed by atoms with Crippen LogP contribution in [0.4, 0.5) is 4.79 Å². The number of aromatic amines is 2. The number of guanidine groups is 1. The van der Waals surface area contributed by atoms with Gasteiger partial charge in [0, 0.05) is 66.3 Å². The Hall–Kier alpha value is -7.16. The van der Waals surface area contributed by atoms with Crippen LogP contribution in [0.3, 0.4) is 0 Å². The molecule has 74 heavy (non-hydrogen) atoms. The summed E-state index contributed by atoms with van der Waals surface area (Å²) in [6.07, 6.45) is 5.09. The number of benzene rings is 2. The molecule has 1 aliphatic heterocycles. The van der Waals surface area contributed by atoms with E-state index < -0.39 is 102 Å². The molecule has 24 nitrogen and oxygen atoms in total. The molecule has 3 heterocycles. The number of hydrogen-bond acceptors (Lipinski definition) is 13. The van der Waals surface area contributed by atoms with Crippen molar-refractivity contribution in [2.75, 3.05) is 18.1 Å². The van der Waals surface area contributed by atoms with E-state index in [9.17, 15) is 43.5 Å². The van der Waals surface area contributed by atoms with E-state index in [0.29, 0.717) is 23.2 Å². The van der Waals surface area contributed by atoms with E-state index in [-0.39, 0.29) is 56.1 Å². The molecule has 17 N–H and O–H groups in total. The molecule has 1 aliphatic rings. The first-order chi connectivity index (χ1) is 35.4. The summed E-state index contributed by atoms with van der Waals surface area (Å²) in [6.45, 7) is 3.41. The lowest BCUT2D eigenvalue weighted by molar-refractivity contribution is -0.307. The quantitative estimate of drug-likeness (QED) is 0.0119. The number of carbonyl (C=O) groups is 8. The Labute approximate surface area is 438 Å². The molecule has 9 atom stereocenters. The SMILES string of the molecule is CCCCC1NC(=O)N(C(CS)C(=O)NC(C)C(=O)NC(Cc2cnc[nH]2)C(=O)NC(Cc2ccccc2)C(=O)NC(CCCN=C(N)N)C(=O)NC(Cc2c[nH]c3ccccc23)C(=O)NC(CS)C([NH3+])=O)C1O. The molecule has 1 fully saturated rings. The largest absolute Gasteiger partial charge is 0.371 e. The predicted octanol–water partition coefficient (Wildman–Crippen LogP) is -2.20. The van der Waals surface area contributed by atoms with Crippen LogP contribution in [0.1, 0.15) is 62.8 Å². The third kappa shape index (κ3) is 16.4. The van der Waals surface area contributed by atoms with E-state index >= 15 is 0 Å². The Morgan fingerprint density at radius 1 is 0.770 bits per heavy atom. The van der Waals surface area contributed by atoms with Crippen molar-refractivity contribution in [3.63, 3.8) is 0 Å². The number of aromatic nitrogens is 3. The molecule has 0 aliphatic carbocycles. The number of nitrogens with zero attached hydrogens (tertiary/aromatic N) is 3. The van der Waals surface area contributed by atoms with Gasteiger partial charge in [-0.05, 0) is 43.4 Å². The summed E-state index contributed by atoms with van der Waals surface area (Å²) in [5.74, 6) is -5.77. The van der Waals surface area contributed by atoms with Gasteiger partial charge >= 0.3 is 11.9 Å². The van der Waals surface area contributed by atoms with Crippen molar-refractivity contribution in [3.05, 3.63) is 90.1 Å². The first kappa shape index (κ1) is 57.7. The van der Waals surface area contributed by atoms with Crippen LogP contribution in [0.25, 0.3) is 10.9 Å². The molecule has 2 aromatic carbocycles. The monoisotopic (exact) mass is 1060 g/mol. The average molecular weight is 1060 g/mol. The number of thiol groups is 2. The minimum absolute atomic E-state index is 0.0344. The maximum Gasteiger partial charge on any atom is 0.332 e. The van der Waals surface area contributed by atoms with E-state index in [0.717, 1.165) is 28.6 Å². The smallest absolute Gasteiger partial charge is 0.332 e. The van der Waals surface area contributed by atoms with Crippen molar-refractivity contribution in [2.45, 2.75) is 120 Å². The number of fused-ring (bicyclic) bond motifs is 1. The number of aliphatic hydroxyl groups excluding tert-OH is 1. The lowest BCUT2D eigenvalue weighted by Crippen LogP contribution is -2.68. The van der Waals surface area contributed by atoms with E-state index in [2.05, 4.69) is 88.2 Å². The molecule has 5 rings (SSSR count). The fourth-order valence-electron chi connectivity index (χ4n) is 8.27. The second-order valence-electron chi connectivity index (χ2n) is 17.9. The van der Waals surface area contributed by atoms with E-state index in [1.807, 2.05) is 31.2 Å². The van der Waals surface area contributed by atoms with Gasteiger partial charge in [-0.2, -0.15) is 25.3 Å². The first-order valence-corrected chi connectivity index (χ1v) is 25.5. The molecule has 9 amide bonds. The zero-order chi connectivity index (χ0) is 53.9. The molecule has 26 heteroatoms. The lowest BCUT2D eigenvalue weighted by atomic mass is 10.0. The molecule has 1 saturated heterocycles. The molecular formula is C48H68N15O9S2+. The number of aliphatic hydroxyl groups is 1.